The van der Waals surface area contributed by atoms with Crippen LogP contribution in [0, 0.1) is 0 Å². The van der Waals surface area contributed by atoms with Gasteiger partial charge in [0.2, 0.25) is 0 Å². The molecule has 3 rings (SSSR count). The minimum absolute atomic E-state index is 0.0654. The molecule has 1 aromatic heterocycles. The number of rotatable bonds is 6. The highest BCUT2D eigenvalue weighted by Gasteiger charge is 2.25. The lowest BCUT2D eigenvalue weighted by Gasteiger charge is -2.19. The summed E-state index contributed by atoms with van der Waals surface area (Å²) < 4.78 is 1.29. The number of unbranched alkanes of at least 4 members (excludes halogenated alkanes) is 1. The zero-order valence-corrected chi connectivity index (χ0v) is 16.8. The van der Waals surface area contributed by atoms with Crippen LogP contribution in [0.25, 0.3) is 10.9 Å². The predicted molar refractivity (Wildman–Crippen MR) is 115 cm³/mol. The van der Waals surface area contributed by atoms with Gasteiger partial charge in [0.25, 0.3) is 11.5 Å². The number of phenols is 1. The molecule has 3 N–H and O–H groups in total. The van der Waals surface area contributed by atoms with Gasteiger partial charge in [0.15, 0.2) is 0 Å². The van der Waals surface area contributed by atoms with E-state index in [0.29, 0.717) is 11.2 Å². The summed E-state index contributed by atoms with van der Waals surface area (Å²) in [7, 11) is 3.07. The summed E-state index contributed by atoms with van der Waals surface area (Å²) in [5.74, 6) is -1.13. The Morgan fingerprint density at radius 3 is 2.48 bits per heavy atom. The first kappa shape index (κ1) is 20.3. The van der Waals surface area contributed by atoms with E-state index in [9.17, 15) is 19.8 Å². The SMILES string of the molecule is CCCCNc1ccc(N(C)C(=O)c2c(O)c3cc(O)ccc3n(C)c2=O)cc1. The van der Waals surface area contributed by atoms with E-state index in [4.69, 9.17) is 0 Å². The van der Waals surface area contributed by atoms with Crippen LogP contribution in [-0.2, 0) is 7.05 Å². The van der Waals surface area contributed by atoms with Crippen LogP contribution in [0.5, 0.6) is 11.5 Å². The maximum absolute atomic E-state index is 13.0. The summed E-state index contributed by atoms with van der Waals surface area (Å²) in [5.41, 5.74) is 1.03. The molecule has 0 radical (unpaired) electrons. The number of phenolic OH excluding ortho intramolecular Hbond substituents is 1. The van der Waals surface area contributed by atoms with Crippen molar-refractivity contribution in [1.29, 1.82) is 0 Å². The first-order valence-electron chi connectivity index (χ1n) is 9.51. The topological polar surface area (TPSA) is 94.8 Å². The zero-order valence-electron chi connectivity index (χ0n) is 16.8. The van der Waals surface area contributed by atoms with Crippen molar-refractivity contribution in [2.45, 2.75) is 19.8 Å². The number of nitrogens with one attached hydrogen (secondary N) is 1. The molecule has 0 aliphatic rings. The molecule has 0 aliphatic heterocycles. The number of carbonyl (C=O) groups excluding carboxylic acids is 1. The summed E-state index contributed by atoms with van der Waals surface area (Å²) >= 11 is 0. The van der Waals surface area contributed by atoms with Gasteiger partial charge >= 0.3 is 0 Å². The molecule has 0 saturated carbocycles. The second-order valence-corrected chi connectivity index (χ2v) is 6.98. The van der Waals surface area contributed by atoms with Crippen LogP contribution in [0.2, 0.25) is 0 Å². The lowest BCUT2D eigenvalue weighted by Crippen LogP contribution is -2.34. The molecule has 0 fully saturated rings. The van der Waals surface area contributed by atoms with Gasteiger partial charge in [-0.3, -0.25) is 9.59 Å². The van der Waals surface area contributed by atoms with Gasteiger partial charge in [0.1, 0.15) is 17.1 Å². The van der Waals surface area contributed by atoms with E-state index in [1.54, 1.807) is 19.2 Å². The number of pyridine rings is 1. The molecule has 0 spiro atoms. The van der Waals surface area contributed by atoms with Crippen LogP contribution in [0.15, 0.2) is 47.3 Å². The molecule has 1 amide bonds. The largest absolute Gasteiger partial charge is 0.508 e. The molecule has 0 atom stereocenters. The Balaban J connectivity index is 1.95. The molecule has 0 saturated heterocycles. The van der Waals surface area contributed by atoms with Gasteiger partial charge in [-0.2, -0.15) is 0 Å². The van der Waals surface area contributed by atoms with E-state index in [-0.39, 0.29) is 16.7 Å². The number of aromatic nitrogens is 1. The van der Waals surface area contributed by atoms with Crippen LogP contribution in [0.4, 0.5) is 11.4 Å². The standard InChI is InChI=1S/C22H25N3O4/c1-4-5-12-23-14-6-8-15(9-7-14)24(2)21(28)19-20(27)17-13-16(26)10-11-18(17)25(3)22(19)29/h6-11,13,23,26-27H,4-5,12H2,1-3H3. The van der Waals surface area contributed by atoms with Gasteiger partial charge in [-0.25, -0.2) is 0 Å². The highest BCUT2D eigenvalue weighted by molar-refractivity contribution is 6.10. The molecule has 0 aliphatic carbocycles. The molecule has 0 unspecified atom stereocenters. The quantitative estimate of drug-likeness (QED) is 0.556. The van der Waals surface area contributed by atoms with E-state index in [2.05, 4.69) is 12.2 Å². The smallest absolute Gasteiger partial charge is 0.267 e. The van der Waals surface area contributed by atoms with Crippen molar-refractivity contribution < 1.29 is 15.0 Å². The lowest BCUT2D eigenvalue weighted by atomic mass is 10.1. The molecule has 152 valence electrons. The zero-order chi connectivity index (χ0) is 21.1. The summed E-state index contributed by atoms with van der Waals surface area (Å²) in [6, 6.07) is 11.6. The van der Waals surface area contributed by atoms with Crippen LogP contribution in [0.1, 0.15) is 30.1 Å². The van der Waals surface area contributed by atoms with Crippen LogP contribution in [-0.4, -0.2) is 34.3 Å². The molecule has 2 aromatic carbocycles. The van der Waals surface area contributed by atoms with Gasteiger partial charge in [-0.15, -0.1) is 0 Å². The average Bonchev–Trinajstić information content (AvgIpc) is 2.72. The second-order valence-electron chi connectivity index (χ2n) is 6.98. The van der Waals surface area contributed by atoms with Gasteiger partial charge in [-0.1, -0.05) is 13.3 Å². The number of aryl methyl sites for hydroxylation is 1. The summed E-state index contributed by atoms with van der Waals surface area (Å²) in [6.45, 7) is 3.00. The Kier molecular flexibility index (Phi) is 5.77. The van der Waals surface area contributed by atoms with Crippen LogP contribution < -0.4 is 15.8 Å². The number of fused-ring (bicyclic) bond motifs is 1. The minimum atomic E-state index is -0.625. The van der Waals surface area contributed by atoms with Crippen molar-refractivity contribution >= 4 is 28.2 Å². The molecule has 29 heavy (non-hydrogen) atoms. The minimum Gasteiger partial charge on any atom is -0.508 e. The van der Waals surface area contributed by atoms with Gasteiger partial charge < -0.3 is 25.0 Å². The number of benzene rings is 2. The van der Waals surface area contributed by atoms with Crippen molar-refractivity contribution in [2.75, 3.05) is 23.8 Å². The fourth-order valence-electron chi connectivity index (χ4n) is 3.21. The molecule has 0 bridgehead atoms. The average molecular weight is 395 g/mol. The van der Waals surface area contributed by atoms with Crippen LogP contribution >= 0.6 is 0 Å². The molecule has 3 aromatic rings. The number of hydrogen-bond acceptors (Lipinski definition) is 5. The molecule has 7 nitrogen and oxygen atoms in total. The normalized spacial score (nSPS) is 10.9. The van der Waals surface area contributed by atoms with Crippen molar-refractivity contribution in [1.82, 2.24) is 4.57 Å². The van der Waals surface area contributed by atoms with E-state index in [1.165, 1.54) is 34.7 Å². The predicted octanol–water partition coefficient (Wildman–Crippen LogP) is 3.44. The third-order valence-electron chi connectivity index (χ3n) is 4.98. The maximum atomic E-state index is 13.0. The summed E-state index contributed by atoms with van der Waals surface area (Å²) in [5, 5.41) is 23.9. The molecule has 7 heteroatoms. The maximum Gasteiger partial charge on any atom is 0.267 e. The van der Waals surface area contributed by atoms with Crippen molar-refractivity contribution in [2.24, 2.45) is 7.05 Å². The number of nitrogens with zero attached hydrogens (tertiary/aromatic N) is 2. The van der Waals surface area contributed by atoms with E-state index >= 15 is 0 Å². The van der Waals surface area contributed by atoms with E-state index < -0.39 is 17.2 Å². The fraction of sp³-hybridized carbons (Fsp3) is 0.273. The first-order chi connectivity index (χ1) is 13.8. The summed E-state index contributed by atoms with van der Waals surface area (Å²) in [6.07, 6.45) is 2.17. The fourth-order valence-corrected chi connectivity index (χ4v) is 3.21. The van der Waals surface area contributed by atoms with E-state index in [0.717, 1.165) is 25.1 Å². The number of amides is 1. The molecular weight excluding hydrogens is 370 g/mol. The molecule has 1 heterocycles. The lowest BCUT2D eigenvalue weighted by molar-refractivity contribution is 0.0988. The summed E-state index contributed by atoms with van der Waals surface area (Å²) in [4.78, 5) is 27.1. The Bertz CT molecular complexity index is 1100. The Morgan fingerprint density at radius 1 is 1.14 bits per heavy atom. The number of anilines is 2. The van der Waals surface area contributed by atoms with Gasteiger partial charge in [-0.05, 0) is 48.9 Å². The number of aromatic hydroxyl groups is 2. The highest BCUT2D eigenvalue weighted by Crippen LogP contribution is 2.30. The third-order valence-corrected chi connectivity index (χ3v) is 4.98. The van der Waals surface area contributed by atoms with Crippen molar-refractivity contribution in [3.05, 3.63) is 58.4 Å². The first-order valence-corrected chi connectivity index (χ1v) is 9.51. The Hall–Kier alpha value is -3.48. The number of carbonyl (C=O) groups is 1. The van der Waals surface area contributed by atoms with E-state index in [1.807, 2.05) is 12.1 Å². The van der Waals surface area contributed by atoms with Crippen molar-refractivity contribution in [3.8, 4) is 11.5 Å². The second kappa shape index (κ2) is 8.26. The third kappa shape index (κ3) is 3.89. The molecular formula is C22H25N3O4. The van der Waals surface area contributed by atoms with Gasteiger partial charge in [0.05, 0.1) is 5.52 Å². The highest BCUT2D eigenvalue weighted by atomic mass is 16.3. The Labute approximate surface area is 168 Å². The van der Waals surface area contributed by atoms with Gasteiger partial charge in [0, 0.05) is 37.4 Å². The van der Waals surface area contributed by atoms with Crippen LogP contribution in [0.3, 0.4) is 0 Å². The monoisotopic (exact) mass is 395 g/mol. The Morgan fingerprint density at radius 2 is 1.83 bits per heavy atom. The van der Waals surface area contributed by atoms with Crippen molar-refractivity contribution in [3.63, 3.8) is 0 Å². The number of hydrogen-bond donors (Lipinski definition) is 3.